The van der Waals surface area contributed by atoms with Crippen LogP contribution in [0.15, 0.2) is 69.0 Å². The molecule has 0 spiro atoms. The van der Waals surface area contributed by atoms with E-state index in [-0.39, 0.29) is 12.2 Å². The molecule has 1 atom stereocenters. The van der Waals surface area contributed by atoms with Gasteiger partial charge in [-0.25, -0.2) is 9.78 Å². The Morgan fingerprint density at radius 1 is 1.14 bits per heavy atom. The van der Waals surface area contributed by atoms with Crippen LogP contribution < -0.4 is 10.3 Å². The van der Waals surface area contributed by atoms with Crippen molar-refractivity contribution in [2.75, 3.05) is 6.61 Å². The lowest BCUT2D eigenvalue weighted by Gasteiger charge is -2.16. The molecule has 0 aliphatic rings. The molecule has 186 valence electrons. The van der Waals surface area contributed by atoms with Crippen LogP contribution in [0.5, 0.6) is 5.75 Å². The van der Waals surface area contributed by atoms with Crippen molar-refractivity contribution in [2.45, 2.75) is 46.1 Å². The van der Waals surface area contributed by atoms with Crippen LogP contribution in [0.25, 0.3) is 21.7 Å². The predicted octanol–water partition coefficient (Wildman–Crippen LogP) is 5.87. The Morgan fingerprint density at radius 2 is 1.94 bits per heavy atom. The van der Waals surface area contributed by atoms with Crippen molar-refractivity contribution in [3.63, 3.8) is 0 Å². The summed E-state index contributed by atoms with van der Waals surface area (Å²) in [6.45, 7) is 5.76. The van der Waals surface area contributed by atoms with Crippen molar-refractivity contribution < 1.29 is 14.3 Å². The minimum absolute atomic E-state index is 0.244. The fourth-order valence-corrected chi connectivity index (χ4v) is 4.30. The normalized spacial score (nSPS) is 12.3. The van der Waals surface area contributed by atoms with Crippen LogP contribution in [0, 0.1) is 0 Å². The smallest absolute Gasteiger partial charge is 0.347 e. The third-order valence-electron chi connectivity index (χ3n) is 5.78. The van der Waals surface area contributed by atoms with E-state index in [1.807, 2.05) is 42.5 Å². The first-order chi connectivity index (χ1) is 17.4. The van der Waals surface area contributed by atoms with Crippen molar-refractivity contribution in [2.24, 2.45) is 5.10 Å². The maximum absolute atomic E-state index is 13.5. The number of fused-ring (bicyclic) bond motifs is 2. The fourth-order valence-electron chi connectivity index (χ4n) is 3.94. The monoisotopic (exact) mass is 549 g/mol. The Bertz CT molecular complexity index is 1500. The SMILES string of the molecule is CCCCc1nc2ccc(Br)cc2c(=O)n1N=Cc1c(O[C@@H](C)C(=O)OCC)ccc2ccccc12. The minimum Gasteiger partial charge on any atom is -0.478 e. The van der Waals surface area contributed by atoms with E-state index in [4.69, 9.17) is 14.5 Å². The van der Waals surface area contributed by atoms with Gasteiger partial charge in [0.1, 0.15) is 11.6 Å². The number of ether oxygens (including phenoxy) is 2. The zero-order valence-corrected chi connectivity index (χ0v) is 22.1. The van der Waals surface area contributed by atoms with Crippen molar-refractivity contribution in [3.05, 3.63) is 80.8 Å². The lowest BCUT2D eigenvalue weighted by atomic mass is 10.0. The van der Waals surface area contributed by atoms with E-state index in [0.29, 0.717) is 34.5 Å². The number of carbonyl (C=O) groups is 1. The maximum Gasteiger partial charge on any atom is 0.347 e. The van der Waals surface area contributed by atoms with E-state index < -0.39 is 12.1 Å². The molecular formula is C28H28BrN3O4. The predicted molar refractivity (Wildman–Crippen MR) is 146 cm³/mol. The molecule has 3 aromatic carbocycles. The molecule has 0 N–H and O–H groups in total. The highest BCUT2D eigenvalue weighted by atomic mass is 79.9. The Hall–Kier alpha value is -3.52. The number of halogens is 1. The third-order valence-corrected chi connectivity index (χ3v) is 6.28. The summed E-state index contributed by atoms with van der Waals surface area (Å²) in [5.41, 5.74) is 1.05. The molecule has 0 bridgehead atoms. The number of esters is 1. The van der Waals surface area contributed by atoms with Gasteiger partial charge in [0.05, 0.1) is 23.7 Å². The summed E-state index contributed by atoms with van der Waals surface area (Å²) in [5, 5.41) is 6.96. The molecule has 0 saturated carbocycles. The number of benzene rings is 3. The summed E-state index contributed by atoms with van der Waals surface area (Å²) in [7, 11) is 0. The van der Waals surface area contributed by atoms with Gasteiger partial charge in [-0.1, -0.05) is 59.6 Å². The van der Waals surface area contributed by atoms with E-state index >= 15 is 0 Å². The molecule has 8 heteroatoms. The van der Waals surface area contributed by atoms with Crippen LogP contribution in [0.2, 0.25) is 0 Å². The molecule has 0 radical (unpaired) electrons. The zero-order chi connectivity index (χ0) is 25.7. The summed E-state index contributed by atoms with van der Waals surface area (Å²) >= 11 is 3.44. The number of unbranched alkanes of at least 4 members (excludes halogenated alkanes) is 1. The van der Waals surface area contributed by atoms with Crippen molar-refractivity contribution >= 4 is 49.8 Å². The van der Waals surface area contributed by atoms with Crippen LogP contribution >= 0.6 is 15.9 Å². The van der Waals surface area contributed by atoms with Gasteiger partial charge in [-0.3, -0.25) is 4.79 Å². The molecule has 1 aromatic heterocycles. The molecule has 0 saturated heterocycles. The average Bonchev–Trinajstić information content (AvgIpc) is 2.88. The fraction of sp³-hybridized carbons (Fsp3) is 0.286. The van der Waals surface area contributed by atoms with E-state index in [0.717, 1.165) is 28.1 Å². The quantitative estimate of drug-likeness (QED) is 0.192. The lowest BCUT2D eigenvalue weighted by Crippen LogP contribution is -2.26. The van der Waals surface area contributed by atoms with E-state index in [1.165, 1.54) is 4.68 Å². The summed E-state index contributed by atoms with van der Waals surface area (Å²) in [4.78, 5) is 30.4. The average molecular weight is 550 g/mol. The second-order valence-electron chi connectivity index (χ2n) is 8.37. The third kappa shape index (κ3) is 5.49. The minimum atomic E-state index is -0.805. The molecule has 4 aromatic rings. The van der Waals surface area contributed by atoms with Gasteiger partial charge < -0.3 is 9.47 Å². The lowest BCUT2D eigenvalue weighted by molar-refractivity contribution is -0.150. The summed E-state index contributed by atoms with van der Waals surface area (Å²) in [6, 6.07) is 17.0. The second-order valence-corrected chi connectivity index (χ2v) is 9.28. The first-order valence-electron chi connectivity index (χ1n) is 12.0. The van der Waals surface area contributed by atoms with Gasteiger partial charge in [0.15, 0.2) is 6.10 Å². The Kier molecular flexibility index (Phi) is 8.15. The van der Waals surface area contributed by atoms with Gasteiger partial charge in [-0.2, -0.15) is 9.78 Å². The van der Waals surface area contributed by atoms with Gasteiger partial charge >= 0.3 is 5.97 Å². The van der Waals surface area contributed by atoms with Gasteiger partial charge in [-0.15, -0.1) is 0 Å². The summed E-state index contributed by atoms with van der Waals surface area (Å²) in [5.74, 6) is 0.615. The number of carbonyl (C=O) groups excluding carboxylic acids is 1. The van der Waals surface area contributed by atoms with E-state index in [9.17, 15) is 9.59 Å². The molecule has 36 heavy (non-hydrogen) atoms. The van der Waals surface area contributed by atoms with Crippen molar-refractivity contribution in [1.29, 1.82) is 0 Å². The first-order valence-corrected chi connectivity index (χ1v) is 12.8. The molecule has 0 aliphatic carbocycles. The van der Waals surface area contributed by atoms with E-state index in [1.54, 1.807) is 32.2 Å². The summed E-state index contributed by atoms with van der Waals surface area (Å²) in [6.07, 6.45) is 3.27. The van der Waals surface area contributed by atoms with Crippen molar-refractivity contribution in [3.8, 4) is 5.75 Å². The van der Waals surface area contributed by atoms with Gasteiger partial charge in [0.2, 0.25) is 0 Å². The number of aryl methyl sites for hydroxylation is 1. The molecule has 1 heterocycles. The molecule has 4 rings (SSSR count). The van der Waals surface area contributed by atoms with Crippen LogP contribution in [-0.2, 0) is 16.0 Å². The van der Waals surface area contributed by atoms with Crippen LogP contribution in [0.4, 0.5) is 0 Å². The second kappa shape index (κ2) is 11.5. The number of hydrogen-bond acceptors (Lipinski definition) is 6. The van der Waals surface area contributed by atoms with Crippen molar-refractivity contribution in [1.82, 2.24) is 9.66 Å². The first kappa shape index (κ1) is 25.6. The number of hydrogen-bond donors (Lipinski definition) is 0. The standard InChI is InChI=1S/C28H28BrN3O4/c1-4-6-11-26-31-24-14-13-20(29)16-22(24)27(33)32(26)30-17-23-21-10-8-7-9-19(21)12-15-25(23)36-18(3)28(34)35-5-2/h7-10,12-18H,4-6,11H2,1-3H3/t18-/m0/s1. The number of aromatic nitrogens is 2. The largest absolute Gasteiger partial charge is 0.478 e. The molecule has 0 unspecified atom stereocenters. The van der Waals surface area contributed by atoms with Gasteiger partial charge in [0, 0.05) is 16.5 Å². The highest BCUT2D eigenvalue weighted by molar-refractivity contribution is 9.10. The Balaban J connectivity index is 1.85. The topological polar surface area (TPSA) is 82.8 Å². The molecule has 0 aliphatic heterocycles. The number of rotatable bonds is 9. The Morgan fingerprint density at radius 3 is 2.72 bits per heavy atom. The number of nitrogens with zero attached hydrogens (tertiary/aromatic N) is 3. The van der Waals surface area contributed by atoms with Crippen LogP contribution in [0.1, 0.15) is 45.0 Å². The molecular weight excluding hydrogens is 522 g/mol. The Labute approximate surface area is 217 Å². The summed E-state index contributed by atoms with van der Waals surface area (Å²) < 4.78 is 13.3. The maximum atomic E-state index is 13.5. The molecule has 7 nitrogen and oxygen atoms in total. The molecule has 0 fully saturated rings. The van der Waals surface area contributed by atoms with Crippen LogP contribution in [-0.4, -0.2) is 34.6 Å². The van der Waals surface area contributed by atoms with Gasteiger partial charge in [-0.05, 0) is 55.3 Å². The highest BCUT2D eigenvalue weighted by Crippen LogP contribution is 2.28. The van der Waals surface area contributed by atoms with Crippen LogP contribution in [0.3, 0.4) is 0 Å². The zero-order valence-electron chi connectivity index (χ0n) is 20.5. The molecule has 0 amide bonds. The van der Waals surface area contributed by atoms with Gasteiger partial charge in [0.25, 0.3) is 5.56 Å². The van der Waals surface area contributed by atoms with E-state index in [2.05, 4.69) is 28.0 Å². The highest BCUT2D eigenvalue weighted by Gasteiger charge is 2.18.